The zero-order valence-electron chi connectivity index (χ0n) is 35.4. The largest absolute Gasteiger partial charge is 0.344 e. The fraction of sp³-hybridized carbons (Fsp3) is 0.193. The van der Waals surface area contributed by atoms with Crippen molar-refractivity contribution in [1.29, 1.82) is 0 Å². The number of para-hydroxylation sites is 1. The van der Waals surface area contributed by atoms with E-state index in [2.05, 4.69) is 214 Å². The minimum Gasteiger partial charge on any atom is -0.344 e. The molecule has 298 valence electrons. The summed E-state index contributed by atoms with van der Waals surface area (Å²) in [5.41, 5.74) is 16.1. The molecule has 0 spiro atoms. The third-order valence-electron chi connectivity index (χ3n) is 13.6. The van der Waals surface area contributed by atoms with E-state index < -0.39 is 0 Å². The van der Waals surface area contributed by atoms with Gasteiger partial charge in [0.1, 0.15) is 12.0 Å². The van der Waals surface area contributed by atoms with Gasteiger partial charge in [-0.15, -0.1) is 0 Å². The van der Waals surface area contributed by atoms with Gasteiger partial charge in [0.05, 0.1) is 11.0 Å². The first-order chi connectivity index (χ1) is 29.7. The highest BCUT2D eigenvalue weighted by atomic mass is 15.2. The Morgan fingerprint density at radius 2 is 1.21 bits per heavy atom. The second-order valence-electron chi connectivity index (χ2n) is 18.5. The zero-order valence-corrected chi connectivity index (χ0v) is 35.4. The Morgan fingerprint density at radius 3 is 1.92 bits per heavy atom. The normalized spacial score (nSPS) is 20.1. The van der Waals surface area contributed by atoms with Gasteiger partial charge in [-0.05, 0) is 99.4 Å². The lowest BCUT2D eigenvalue weighted by atomic mass is 9.62. The van der Waals surface area contributed by atoms with Gasteiger partial charge in [0.2, 0.25) is 0 Å². The van der Waals surface area contributed by atoms with Crippen LogP contribution in [-0.4, -0.2) is 22.4 Å². The van der Waals surface area contributed by atoms with Gasteiger partial charge in [-0.25, -0.2) is 9.98 Å². The molecule has 3 aliphatic carbocycles. The molecule has 2 atom stereocenters. The second-order valence-corrected chi connectivity index (χ2v) is 18.5. The molecule has 1 aliphatic heterocycles. The third-order valence-corrected chi connectivity index (χ3v) is 13.6. The number of aliphatic imine (C=N–C) groups is 2. The van der Waals surface area contributed by atoms with Crippen LogP contribution in [0.3, 0.4) is 0 Å². The van der Waals surface area contributed by atoms with Crippen molar-refractivity contribution in [2.45, 2.75) is 64.0 Å². The summed E-state index contributed by atoms with van der Waals surface area (Å²) in [6, 6.07) is 52.4. The third kappa shape index (κ3) is 6.44. The van der Waals surface area contributed by atoms with Crippen LogP contribution in [0, 0.1) is 5.92 Å². The summed E-state index contributed by atoms with van der Waals surface area (Å²) in [6.07, 6.45) is 14.4. The highest BCUT2D eigenvalue weighted by Crippen LogP contribution is 2.51. The highest BCUT2D eigenvalue weighted by molar-refractivity contribution is 6.14. The molecule has 6 aromatic carbocycles. The Bertz CT molecular complexity index is 3000. The van der Waals surface area contributed by atoms with Crippen LogP contribution in [0.2, 0.25) is 0 Å². The predicted octanol–water partition coefficient (Wildman–Crippen LogP) is 13.6. The second kappa shape index (κ2) is 14.4. The number of hydrogen-bond donors (Lipinski definition) is 1. The number of benzene rings is 6. The van der Waals surface area contributed by atoms with E-state index >= 15 is 0 Å². The fourth-order valence-corrected chi connectivity index (χ4v) is 10.3. The molecule has 0 bridgehead atoms. The first-order valence-electron chi connectivity index (χ1n) is 21.8. The van der Waals surface area contributed by atoms with Crippen LogP contribution in [0.1, 0.15) is 69.2 Å². The van der Waals surface area contributed by atoms with Crippen LogP contribution >= 0.6 is 0 Å². The van der Waals surface area contributed by atoms with E-state index in [1.807, 2.05) is 0 Å². The molecule has 0 saturated carbocycles. The summed E-state index contributed by atoms with van der Waals surface area (Å²) in [5, 5.41) is 6.57. The minimum absolute atomic E-state index is 0.0289. The molecule has 1 aromatic heterocycles. The van der Waals surface area contributed by atoms with E-state index in [4.69, 9.17) is 9.98 Å². The summed E-state index contributed by atoms with van der Waals surface area (Å²) in [4.78, 5) is 10.8. The van der Waals surface area contributed by atoms with E-state index in [0.29, 0.717) is 0 Å². The van der Waals surface area contributed by atoms with Crippen molar-refractivity contribution in [2.75, 3.05) is 0 Å². The average molecular weight is 791 g/mol. The number of amidine groups is 2. The molecule has 61 heavy (non-hydrogen) atoms. The molecule has 4 nitrogen and oxygen atoms in total. The van der Waals surface area contributed by atoms with Crippen molar-refractivity contribution in [3.63, 3.8) is 0 Å². The summed E-state index contributed by atoms with van der Waals surface area (Å²) < 4.78 is 2.63. The quantitative estimate of drug-likeness (QED) is 0.179. The maximum absolute atomic E-state index is 5.50. The summed E-state index contributed by atoms with van der Waals surface area (Å²) in [7, 11) is 0. The molecule has 0 fully saturated rings. The minimum atomic E-state index is -0.385. The van der Waals surface area contributed by atoms with Crippen LogP contribution in [0.25, 0.3) is 49.8 Å². The lowest BCUT2D eigenvalue weighted by molar-refractivity contribution is 0.334. The number of nitrogens with zero attached hydrogens (tertiary/aromatic N) is 3. The summed E-state index contributed by atoms with van der Waals surface area (Å²) >= 11 is 0. The standard InChI is InChI=1S/C57H50N4/c1-56(2)30-31-57(3,4)51-49(56)29-28-47-46-26-16-17-27-50(46)61(52(47)51)44-35-40-24-14-15-25-45(40)48(36-44)55-59-53(39-22-12-7-13-23-39)58-54(60-55)43-33-41(37-18-8-5-9-19-37)32-42(34-43)38-20-10-6-11-21-38/h5-29,32-34,36,40,55H,30-31,35H2,1-4H3,(H,58,59,60). The molecule has 11 rings (SSSR count). The molecule has 0 saturated heterocycles. The molecule has 4 aliphatic rings. The first-order valence-corrected chi connectivity index (χ1v) is 21.8. The Labute approximate surface area is 359 Å². The topological polar surface area (TPSA) is 41.7 Å². The lowest BCUT2D eigenvalue weighted by Gasteiger charge is -2.42. The van der Waals surface area contributed by atoms with E-state index in [0.717, 1.165) is 57.9 Å². The van der Waals surface area contributed by atoms with E-state index in [-0.39, 0.29) is 22.9 Å². The zero-order chi connectivity index (χ0) is 41.3. The summed E-state index contributed by atoms with van der Waals surface area (Å²) in [5.74, 6) is 1.73. The molecular weight excluding hydrogens is 741 g/mol. The van der Waals surface area contributed by atoms with Gasteiger partial charge in [-0.3, -0.25) is 0 Å². The van der Waals surface area contributed by atoms with E-state index in [9.17, 15) is 0 Å². The van der Waals surface area contributed by atoms with Gasteiger partial charge in [0.25, 0.3) is 0 Å². The number of aromatic nitrogens is 1. The predicted molar refractivity (Wildman–Crippen MR) is 256 cm³/mol. The van der Waals surface area contributed by atoms with Crippen molar-refractivity contribution in [3.05, 3.63) is 209 Å². The molecule has 1 N–H and O–H groups in total. The molecule has 7 aromatic rings. The Hall–Kier alpha value is -6.78. The number of nitrogens with one attached hydrogen (secondary N) is 1. The van der Waals surface area contributed by atoms with Crippen LogP contribution < -0.4 is 5.32 Å². The van der Waals surface area contributed by atoms with Crippen LogP contribution in [0.4, 0.5) is 0 Å². The van der Waals surface area contributed by atoms with Crippen LogP contribution in [0.5, 0.6) is 0 Å². The van der Waals surface area contributed by atoms with E-state index in [1.165, 1.54) is 56.2 Å². The maximum Gasteiger partial charge on any atom is 0.159 e. The fourth-order valence-electron chi connectivity index (χ4n) is 10.3. The van der Waals surface area contributed by atoms with Crippen LogP contribution in [0.15, 0.2) is 197 Å². The van der Waals surface area contributed by atoms with Crippen molar-refractivity contribution < 1.29 is 0 Å². The van der Waals surface area contributed by atoms with Crippen molar-refractivity contribution in [2.24, 2.45) is 15.9 Å². The van der Waals surface area contributed by atoms with Gasteiger partial charge < -0.3 is 9.88 Å². The number of fused-ring (bicyclic) bond motifs is 6. The van der Waals surface area contributed by atoms with Gasteiger partial charge in [-0.2, -0.15) is 0 Å². The molecular formula is C57H50N4. The average Bonchev–Trinajstić information content (AvgIpc) is 3.65. The Balaban J connectivity index is 1.12. The van der Waals surface area contributed by atoms with Crippen molar-refractivity contribution in [3.8, 4) is 22.3 Å². The van der Waals surface area contributed by atoms with Gasteiger partial charge in [-0.1, -0.05) is 173 Å². The Kier molecular flexibility index (Phi) is 8.82. The number of hydrogen-bond acceptors (Lipinski definition) is 3. The molecule has 0 radical (unpaired) electrons. The van der Waals surface area contributed by atoms with Crippen molar-refractivity contribution >= 4 is 39.2 Å². The summed E-state index contributed by atoms with van der Waals surface area (Å²) in [6.45, 7) is 9.78. The molecule has 2 heterocycles. The number of allylic oxidation sites excluding steroid dienone is 6. The maximum atomic E-state index is 5.50. The highest BCUT2D eigenvalue weighted by Gasteiger charge is 2.40. The van der Waals surface area contributed by atoms with Crippen molar-refractivity contribution in [1.82, 2.24) is 9.88 Å². The smallest absolute Gasteiger partial charge is 0.159 e. The monoisotopic (exact) mass is 790 g/mol. The van der Waals surface area contributed by atoms with Gasteiger partial charge in [0.15, 0.2) is 5.84 Å². The SMILES string of the molecule is CC1(C)CCC(C)(C)c2c1ccc1c3ccccc3n(C3=CC(C4N=C(c5ccccc5)N=C(c5cc(-c6ccccc6)cc(-c6ccccc6)c5)N4)=C4C=CC=CC4C3)c21. The molecule has 4 heteroatoms. The van der Waals surface area contributed by atoms with Gasteiger partial charge >= 0.3 is 0 Å². The Morgan fingerprint density at radius 1 is 0.590 bits per heavy atom. The lowest BCUT2D eigenvalue weighted by Crippen LogP contribution is -2.41. The van der Waals surface area contributed by atoms with Crippen LogP contribution in [-0.2, 0) is 10.8 Å². The van der Waals surface area contributed by atoms with E-state index in [1.54, 1.807) is 0 Å². The first kappa shape index (κ1) is 37.2. The molecule has 0 amide bonds. The van der Waals surface area contributed by atoms with Gasteiger partial charge in [0, 0.05) is 39.1 Å². The molecule has 2 unspecified atom stereocenters. The number of rotatable bonds is 6.